The normalized spacial score (nSPS) is 10.5. The number of ether oxygens (including phenoxy) is 2. The molecule has 0 aliphatic heterocycles. The van der Waals surface area contributed by atoms with Crippen LogP contribution < -0.4 is 10.2 Å². The van der Waals surface area contributed by atoms with Gasteiger partial charge in [0.25, 0.3) is 0 Å². The summed E-state index contributed by atoms with van der Waals surface area (Å²) in [6.45, 7) is 5.13. The molecule has 9 heteroatoms. The molecule has 0 aromatic rings. The SMILES string of the molecule is CCCCCCCCCCCOC(=O)/C=C\C(=O)[O-].CCCCCCCCCCCOC(=O)/C=C\C(=O)[O-].[Ba+2]. The molecule has 0 unspecified atom stereocenters. The molecule has 0 spiro atoms. The summed E-state index contributed by atoms with van der Waals surface area (Å²) in [5.41, 5.74) is 0. The fraction of sp³-hybridized carbons (Fsp3) is 0.733. The van der Waals surface area contributed by atoms with E-state index >= 15 is 0 Å². The van der Waals surface area contributed by atoms with Crippen LogP contribution in [0.3, 0.4) is 0 Å². The Morgan fingerprint density at radius 2 is 0.718 bits per heavy atom. The van der Waals surface area contributed by atoms with Crippen LogP contribution >= 0.6 is 0 Å². The largest absolute Gasteiger partial charge is 2.00 e. The molecule has 0 saturated heterocycles. The van der Waals surface area contributed by atoms with Gasteiger partial charge < -0.3 is 29.3 Å². The molecule has 0 heterocycles. The van der Waals surface area contributed by atoms with Crippen molar-refractivity contribution in [2.24, 2.45) is 0 Å². The standard InChI is InChI=1S/2C15H26O4.Ba/c2*1-2-3-4-5-6-7-8-9-10-13-19-15(18)12-11-14(16)17;/h2*11-12H,2-10,13H2,1H3,(H,16,17);/q;;+2/p-2/b2*12-11-;. The zero-order valence-electron chi connectivity index (χ0n) is 24.4. The minimum absolute atomic E-state index is 0. The summed E-state index contributed by atoms with van der Waals surface area (Å²) < 4.78 is 9.67. The number of carboxylic acid groups (broad SMARTS) is 2. The second-order valence-electron chi connectivity index (χ2n) is 9.30. The molecule has 0 aliphatic carbocycles. The Morgan fingerprint density at radius 3 is 0.974 bits per heavy atom. The molecule has 39 heavy (non-hydrogen) atoms. The molecule has 220 valence electrons. The van der Waals surface area contributed by atoms with Gasteiger partial charge in [-0.25, -0.2) is 9.59 Å². The maximum absolute atomic E-state index is 11.0. The maximum atomic E-state index is 11.0. The van der Waals surface area contributed by atoms with E-state index in [4.69, 9.17) is 9.47 Å². The van der Waals surface area contributed by atoms with Crippen LogP contribution in [-0.4, -0.2) is 86.0 Å². The third-order valence-electron chi connectivity index (χ3n) is 5.70. The number of carbonyl (C=O) groups excluding carboxylic acids is 4. The van der Waals surface area contributed by atoms with Gasteiger partial charge in [0.2, 0.25) is 0 Å². The summed E-state index contributed by atoms with van der Waals surface area (Å²) in [4.78, 5) is 42.0. The molecule has 0 bridgehead atoms. The minimum Gasteiger partial charge on any atom is -0.545 e. The first kappa shape index (κ1) is 42.4. The van der Waals surface area contributed by atoms with Crippen molar-refractivity contribution in [3.05, 3.63) is 24.3 Å². The number of carboxylic acids is 2. The first-order valence-corrected chi connectivity index (χ1v) is 14.4. The molecule has 0 N–H and O–H groups in total. The van der Waals surface area contributed by atoms with E-state index in [-0.39, 0.29) is 48.9 Å². The number of rotatable bonds is 24. The van der Waals surface area contributed by atoms with Gasteiger partial charge in [-0.15, -0.1) is 0 Å². The van der Waals surface area contributed by atoms with Gasteiger partial charge in [-0.3, -0.25) is 0 Å². The van der Waals surface area contributed by atoms with Gasteiger partial charge in [0.15, 0.2) is 0 Å². The zero-order chi connectivity index (χ0) is 28.7. The molecule has 8 nitrogen and oxygen atoms in total. The number of hydrogen-bond acceptors (Lipinski definition) is 8. The molecule has 0 rings (SSSR count). The second kappa shape index (κ2) is 35.0. The average molecular weight is 676 g/mol. The zero-order valence-corrected chi connectivity index (χ0v) is 28.9. The van der Waals surface area contributed by atoms with Crippen molar-refractivity contribution in [2.45, 2.75) is 129 Å². The molecular formula is C30H50BaO8. The van der Waals surface area contributed by atoms with E-state index in [0.29, 0.717) is 25.4 Å². The van der Waals surface area contributed by atoms with E-state index in [9.17, 15) is 29.4 Å². The summed E-state index contributed by atoms with van der Waals surface area (Å²) in [7, 11) is 0. The number of aliphatic carboxylic acids is 2. The van der Waals surface area contributed by atoms with E-state index in [0.717, 1.165) is 37.8 Å². The van der Waals surface area contributed by atoms with Gasteiger partial charge in [-0.2, -0.15) is 0 Å². The fourth-order valence-electron chi connectivity index (χ4n) is 3.54. The van der Waals surface area contributed by atoms with Crippen LogP contribution in [-0.2, 0) is 28.7 Å². The molecular weight excluding hydrogens is 626 g/mol. The van der Waals surface area contributed by atoms with Crippen LogP contribution in [0.15, 0.2) is 24.3 Å². The van der Waals surface area contributed by atoms with E-state index in [2.05, 4.69) is 13.8 Å². The van der Waals surface area contributed by atoms with Gasteiger partial charge in [-0.1, -0.05) is 117 Å². The Balaban J connectivity index is -0.000000648. The third-order valence-corrected chi connectivity index (χ3v) is 5.70. The van der Waals surface area contributed by atoms with Crippen molar-refractivity contribution < 1.29 is 38.9 Å². The predicted octanol–water partition coefficient (Wildman–Crippen LogP) is 4.35. The first-order valence-electron chi connectivity index (χ1n) is 14.4. The minimum atomic E-state index is -1.39. The molecule has 0 aliphatic rings. The molecule has 0 radical (unpaired) electrons. The summed E-state index contributed by atoms with van der Waals surface area (Å²) in [5, 5.41) is 20.1. The van der Waals surface area contributed by atoms with E-state index in [1.807, 2.05) is 0 Å². The van der Waals surface area contributed by atoms with Gasteiger partial charge in [-0.05, 0) is 25.0 Å². The molecule has 0 amide bonds. The first-order chi connectivity index (χ1) is 18.3. The predicted molar refractivity (Wildman–Crippen MR) is 150 cm³/mol. The topological polar surface area (TPSA) is 133 Å². The Morgan fingerprint density at radius 1 is 0.462 bits per heavy atom. The number of hydrogen-bond donors (Lipinski definition) is 0. The van der Waals surface area contributed by atoms with Gasteiger partial charge in [0.05, 0.1) is 25.2 Å². The third kappa shape index (κ3) is 41.6. The smallest absolute Gasteiger partial charge is 0.545 e. The van der Waals surface area contributed by atoms with E-state index in [1.54, 1.807) is 0 Å². The van der Waals surface area contributed by atoms with Gasteiger partial charge in [0.1, 0.15) is 0 Å². The summed E-state index contributed by atoms with van der Waals surface area (Å²) in [5.74, 6) is -4.02. The molecule has 0 fully saturated rings. The second-order valence-corrected chi connectivity index (χ2v) is 9.30. The Bertz CT molecular complexity index is 605. The average Bonchev–Trinajstić information content (AvgIpc) is 2.88. The van der Waals surface area contributed by atoms with Gasteiger partial charge in [0, 0.05) is 12.2 Å². The Hall–Kier alpha value is -1.07. The van der Waals surface area contributed by atoms with E-state index < -0.39 is 23.9 Å². The van der Waals surface area contributed by atoms with Crippen LogP contribution in [0.25, 0.3) is 0 Å². The molecule has 0 saturated carbocycles. The van der Waals surface area contributed by atoms with Crippen LogP contribution in [0.4, 0.5) is 0 Å². The van der Waals surface area contributed by atoms with Crippen molar-refractivity contribution in [3.8, 4) is 0 Å². The monoisotopic (exact) mass is 676 g/mol. The van der Waals surface area contributed by atoms with Crippen molar-refractivity contribution in [1.82, 2.24) is 0 Å². The summed E-state index contributed by atoms with van der Waals surface area (Å²) >= 11 is 0. The maximum Gasteiger partial charge on any atom is 2.00 e. The van der Waals surface area contributed by atoms with Crippen molar-refractivity contribution in [1.29, 1.82) is 0 Å². The fourth-order valence-corrected chi connectivity index (χ4v) is 3.54. The van der Waals surface area contributed by atoms with E-state index in [1.165, 1.54) is 89.9 Å². The number of unbranched alkanes of at least 4 members (excludes halogenated alkanes) is 16. The summed E-state index contributed by atoms with van der Waals surface area (Å²) in [6.07, 6.45) is 24.8. The van der Waals surface area contributed by atoms with Crippen molar-refractivity contribution in [2.75, 3.05) is 13.2 Å². The quantitative estimate of drug-likeness (QED) is 0.0639. The van der Waals surface area contributed by atoms with Crippen LogP contribution in [0.1, 0.15) is 129 Å². The van der Waals surface area contributed by atoms with Gasteiger partial charge >= 0.3 is 60.8 Å². The number of esters is 2. The van der Waals surface area contributed by atoms with Crippen LogP contribution in [0.2, 0.25) is 0 Å². The van der Waals surface area contributed by atoms with Crippen LogP contribution in [0.5, 0.6) is 0 Å². The molecule has 0 atom stereocenters. The number of carbonyl (C=O) groups is 4. The van der Waals surface area contributed by atoms with Crippen molar-refractivity contribution >= 4 is 72.8 Å². The molecule has 0 aromatic carbocycles. The van der Waals surface area contributed by atoms with Crippen molar-refractivity contribution in [3.63, 3.8) is 0 Å². The summed E-state index contributed by atoms with van der Waals surface area (Å²) in [6, 6.07) is 0. The Kier molecular flexibility index (Phi) is 38.0. The molecule has 0 aromatic heterocycles. The Labute approximate surface area is 276 Å². The van der Waals surface area contributed by atoms with Crippen LogP contribution in [0, 0.1) is 0 Å².